The Morgan fingerprint density at radius 2 is 1.89 bits per heavy atom. The van der Waals surface area contributed by atoms with Crippen LogP contribution in [0.25, 0.3) is 0 Å². The van der Waals surface area contributed by atoms with Crippen LogP contribution in [0.4, 0.5) is 0 Å². The number of furan rings is 1. The number of hydrogen-bond donors (Lipinski definition) is 0. The second-order valence-corrected chi connectivity index (χ2v) is 8.55. The van der Waals surface area contributed by atoms with E-state index in [0.717, 1.165) is 73.7 Å². The zero-order valence-electron chi connectivity index (χ0n) is 16.2. The number of hydrogen-bond acceptors (Lipinski definition) is 5. The number of fused-ring (bicyclic) bond motifs is 1. The number of aromatic nitrogens is 2. The first-order chi connectivity index (χ1) is 13.7. The summed E-state index contributed by atoms with van der Waals surface area (Å²) in [7, 11) is 0. The molecule has 0 unspecified atom stereocenters. The number of amides is 1. The maximum absolute atomic E-state index is 12.7. The van der Waals surface area contributed by atoms with Gasteiger partial charge in [0.25, 0.3) is 0 Å². The lowest BCUT2D eigenvalue weighted by Gasteiger charge is -2.23. The normalized spacial score (nSPS) is 17.2. The molecule has 6 nitrogen and oxygen atoms in total. The van der Waals surface area contributed by atoms with Gasteiger partial charge in [0.2, 0.25) is 5.91 Å². The molecular weight excluding hydrogens is 374 g/mol. The Morgan fingerprint density at radius 1 is 1.11 bits per heavy atom. The average molecular weight is 402 g/mol. The van der Waals surface area contributed by atoms with Gasteiger partial charge >= 0.3 is 5.69 Å². The van der Waals surface area contributed by atoms with Gasteiger partial charge < -0.3 is 9.32 Å². The summed E-state index contributed by atoms with van der Waals surface area (Å²) in [5.74, 6) is 1.28. The van der Waals surface area contributed by atoms with Crippen molar-refractivity contribution < 1.29 is 9.21 Å². The van der Waals surface area contributed by atoms with Crippen molar-refractivity contribution in [1.82, 2.24) is 14.5 Å². The molecule has 28 heavy (non-hydrogen) atoms. The quantitative estimate of drug-likeness (QED) is 0.568. The zero-order valence-corrected chi connectivity index (χ0v) is 17.0. The van der Waals surface area contributed by atoms with Gasteiger partial charge in [-0.25, -0.2) is 4.79 Å². The molecule has 1 saturated heterocycles. The minimum Gasteiger partial charge on any atom is -0.467 e. The van der Waals surface area contributed by atoms with Crippen LogP contribution in [0.15, 0.2) is 32.6 Å². The van der Waals surface area contributed by atoms with E-state index in [4.69, 9.17) is 4.42 Å². The molecule has 0 N–H and O–H groups in total. The van der Waals surface area contributed by atoms with Crippen LogP contribution in [0.3, 0.4) is 0 Å². The van der Waals surface area contributed by atoms with Gasteiger partial charge in [0.05, 0.1) is 18.6 Å². The molecule has 1 aliphatic carbocycles. The summed E-state index contributed by atoms with van der Waals surface area (Å²) in [4.78, 5) is 31.7. The Labute approximate surface area is 169 Å². The van der Waals surface area contributed by atoms with Gasteiger partial charge in [-0.2, -0.15) is 4.98 Å². The predicted octanol–water partition coefficient (Wildman–Crippen LogP) is 3.26. The number of thioether (sulfide) groups is 1. The molecule has 2 aliphatic rings. The van der Waals surface area contributed by atoms with E-state index in [-0.39, 0.29) is 11.6 Å². The fourth-order valence-corrected chi connectivity index (χ4v) is 5.11. The number of carbonyl (C=O) groups excluding carboxylic acids is 1. The SMILES string of the molecule is O=C(CSc1nc(=O)n(Cc2ccco2)c2c1CCCC2)N1CCCCCC1. The summed E-state index contributed by atoms with van der Waals surface area (Å²) < 4.78 is 7.17. The third-order valence-electron chi connectivity index (χ3n) is 5.64. The van der Waals surface area contributed by atoms with Crippen molar-refractivity contribution >= 4 is 17.7 Å². The van der Waals surface area contributed by atoms with Crippen molar-refractivity contribution in [3.05, 3.63) is 45.9 Å². The standard InChI is InChI=1S/C21H27N3O3S/c25-19(23-11-5-1-2-6-12-23)15-28-20-17-9-3-4-10-18(17)24(21(26)22-20)14-16-8-7-13-27-16/h7-8,13H,1-6,9-12,14-15H2. The van der Waals surface area contributed by atoms with Gasteiger partial charge in [-0.05, 0) is 50.7 Å². The average Bonchev–Trinajstić information content (AvgIpc) is 3.07. The Hall–Kier alpha value is -2.02. The molecule has 0 bridgehead atoms. The summed E-state index contributed by atoms with van der Waals surface area (Å²) >= 11 is 1.44. The topological polar surface area (TPSA) is 68.3 Å². The van der Waals surface area contributed by atoms with E-state index in [0.29, 0.717) is 12.3 Å². The smallest absolute Gasteiger partial charge is 0.349 e. The summed E-state index contributed by atoms with van der Waals surface area (Å²) in [6.45, 7) is 2.13. The van der Waals surface area contributed by atoms with Gasteiger partial charge in [-0.1, -0.05) is 24.6 Å². The fraction of sp³-hybridized carbons (Fsp3) is 0.571. The molecule has 3 heterocycles. The Bertz CT molecular complexity index is 868. The highest BCUT2D eigenvalue weighted by molar-refractivity contribution is 7.99. The molecule has 0 saturated carbocycles. The third kappa shape index (κ3) is 4.35. The highest BCUT2D eigenvalue weighted by Gasteiger charge is 2.23. The lowest BCUT2D eigenvalue weighted by molar-refractivity contribution is -0.128. The summed E-state index contributed by atoms with van der Waals surface area (Å²) in [5.41, 5.74) is 1.96. The molecule has 1 fully saturated rings. The van der Waals surface area contributed by atoms with E-state index in [9.17, 15) is 9.59 Å². The number of nitrogens with zero attached hydrogens (tertiary/aromatic N) is 3. The summed E-state index contributed by atoms with van der Waals surface area (Å²) in [6.07, 6.45) is 10.2. The highest BCUT2D eigenvalue weighted by Crippen LogP contribution is 2.29. The molecule has 150 valence electrons. The predicted molar refractivity (Wildman–Crippen MR) is 109 cm³/mol. The Morgan fingerprint density at radius 3 is 2.64 bits per heavy atom. The summed E-state index contributed by atoms with van der Waals surface area (Å²) in [5, 5.41) is 0.749. The van der Waals surface area contributed by atoms with Crippen LogP contribution in [0.2, 0.25) is 0 Å². The van der Waals surface area contributed by atoms with Crippen LogP contribution < -0.4 is 5.69 Å². The number of likely N-dealkylation sites (tertiary alicyclic amines) is 1. The highest BCUT2D eigenvalue weighted by atomic mass is 32.2. The van der Waals surface area contributed by atoms with Crippen LogP contribution in [-0.4, -0.2) is 39.2 Å². The van der Waals surface area contributed by atoms with Crippen molar-refractivity contribution in [2.24, 2.45) is 0 Å². The van der Waals surface area contributed by atoms with E-state index < -0.39 is 0 Å². The van der Waals surface area contributed by atoms with Gasteiger partial charge in [0.1, 0.15) is 10.8 Å². The first-order valence-electron chi connectivity index (χ1n) is 10.3. The Balaban J connectivity index is 1.53. The molecule has 7 heteroatoms. The van der Waals surface area contributed by atoms with Gasteiger partial charge in [0.15, 0.2) is 0 Å². The molecule has 0 atom stereocenters. The van der Waals surface area contributed by atoms with Crippen molar-refractivity contribution in [2.75, 3.05) is 18.8 Å². The number of rotatable bonds is 5. The lowest BCUT2D eigenvalue weighted by atomic mass is 9.97. The van der Waals surface area contributed by atoms with Crippen LogP contribution in [0.5, 0.6) is 0 Å². The second kappa shape index (κ2) is 8.99. The molecule has 0 radical (unpaired) electrons. The minimum absolute atomic E-state index is 0.165. The number of carbonyl (C=O) groups is 1. The maximum Gasteiger partial charge on any atom is 0.349 e. The maximum atomic E-state index is 12.7. The molecule has 0 aromatic carbocycles. The van der Waals surface area contributed by atoms with Gasteiger partial charge in [-0.3, -0.25) is 9.36 Å². The first kappa shape index (κ1) is 19.3. The van der Waals surface area contributed by atoms with E-state index in [2.05, 4.69) is 4.98 Å². The minimum atomic E-state index is -0.248. The monoisotopic (exact) mass is 401 g/mol. The van der Waals surface area contributed by atoms with E-state index in [1.165, 1.54) is 24.6 Å². The van der Waals surface area contributed by atoms with Crippen molar-refractivity contribution in [3.8, 4) is 0 Å². The van der Waals surface area contributed by atoms with Gasteiger partial charge in [0, 0.05) is 24.3 Å². The molecule has 2 aromatic heterocycles. The molecule has 4 rings (SSSR count). The van der Waals surface area contributed by atoms with Crippen LogP contribution in [-0.2, 0) is 24.2 Å². The molecule has 0 spiro atoms. The fourth-order valence-electron chi connectivity index (χ4n) is 4.13. The lowest BCUT2D eigenvalue weighted by Crippen LogP contribution is -2.34. The first-order valence-corrected chi connectivity index (χ1v) is 11.3. The Kier molecular flexibility index (Phi) is 6.20. The zero-order chi connectivity index (χ0) is 19.3. The molecule has 1 amide bonds. The third-order valence-corrected chi connectivity index (χ3v) is 6.64. The van der Waals surface area contributed by atoms with Gasteiger partial charge in [-0.15, -0.1) is 0 Å². The van der Waals surface area contributed by atoms with E-state index >= 15 is 0 Å². The summed E-state index contributed by atoms with van der Waals surface area (Å²) in [6, 6.07) is 3.71. The van der Waals surface area contributed by atoms with Crippen molar-refractivity contribution in [1.29, 1.82) is 0 Å². The van der Waals surface area contributed by atoms with E-state index in [1.807, 2.05) is 17.0 Å². The molecule has 1 aliphatic heterocycles. The molecule has 2 aromatic rings. The second-order valence-electron chi connectivity index (χ2n) is 7.58. The van der Waals surface area contributed by atoms with Crippen LogP contribution in [0, 0.1) is 0 Å². The van der Waals surface area contributed by atoms with Crippen LogP contribution in [0.1, 0.15) is 55.5 Å². The van der Waals surface area contributed by atoms with Crippen molar-refractivity contribution in [3.63, 3.8) is 0 Å². The van der Waals surface area contributed by atoms with Crippen molar-refractivity contribution in [2.45, 2.75) is 62.9 Å². The van der Waals surface area contributed by atoms with E-state index in [1.54, 1.807) is 10.8 Å². The molecular formula is C21H27N3O3S. The van der Waals surface area contributed by atoms with Crippen LogP contribution >= 0.6 is 11.8 Å². The largest absolute Gasteiger partial charge is 0.467 e.